The maximum atomic E-state index is 5.47. The molecule has 0 heterocycles. The van der Waals surface area contributed by atoms with Gasteiger partial charge in [0.25, 0.3) is 0 Å². The van der Waals surface area contributed by atoms with Crippen LogP contribution in [-0.4, -0.2) is 43.6 Å². The summed E-state index contributed by atoms with van der Waals surface area (Å²) in [6.45, 7) is 7.64. The molecule has 3 nitrogen and oxygen atoms in total. The Balaban J connectivity index is 2.89. The number of hydrogen-bond donors (Lipinski definition) is 0. The molecule has 0 aromatic rings. The fourth-order valence-corrected chi connectivity index (χ4v) is 1.86. The predicted molar refractivity (Wildman–Crippen MR) is 80.1 cm³/mol. The summed E-state index contributed by atoms with van der Waals surface area (Å²) >= 11 is 2.42. The van der Waals surface area contributed by atoms with E-state index in [9.17, 15) is 0 Å². The quantitative estimate of drug-likeness (QED) is 0.287. The molecule has 0 radical (unpaired) electrons. The Morgan fingerprint density at radius 3 is 2.00 bits per heavy atom. The summed E-state index contributed by atoms with van der Waals surface area (Å²) in [5.74, 6) is 0. The molecule has 0 aliphatic rings. The molecule has 0 aliphatic carbocycles. The van der Waals surface area contributed by atoms with E-state index in [1.54, 1.807) is 0 Å². The van der Waals surface area contributed by atoms with Gasteiger partial charge in [0.1, 0.15) is 0 Å². The molecule has 0 amide bonds. The largest absolute Gasteiger partial charge is 0.379 e. The Morgan fingerprint density at radius 1 is 0.765 bits per heavy atom. The van der Waals surface area contributed by atoms with Crippen LogP contribution in [0, 0.1) is 0 Å². The summed E-state index contributed by atoms with van der Waals surface area (Å²) < 4.78 is 17.5. The Hall–Kier alpha value is 0.610. The van der Waals surface area contributed by atoms with E-state index in [1.165, 1.54) is 30.1 Å². The van der Waals surface area contributed by atoms with Gasteiger partial charge in [-0.1, -0.05) is 35.4 Å². The van der Waals surface area contributed by atoms with Crippen LogP contribution in [0.25, 0.3) is 0 Å². The molecule has 0 aromatic carbocycles. The van der Waals surface area contributed by atoms with Crippen LogP contribution >= 0.6 is 22.6 Å². The Kier molecular flexibility index (Phi) is 15.2. The summed E-state index contributed by atoms with van der Waals surface area (Å²) in [6, 6.07) is 0. The van der Waals surface area contributed by atoms with E-state index in [4.69, 9.17) is 14.2 Å². The summed E-state index contributed by atoms with van der Waals surface area (Å²) in [7, 11) is 0. The van der Waals surface area contributed by atoms with Crippen LogP contribution < -0.4 is 0 Å². The number of alkyl halides is 1. The second kappa shape index (κ2) is 14.7. The normalized spacial score (nSPS) is 11.3. The topological polar surface area (TPSA) is 27.7 Å². The third kappa shape index (κ3) is 16.6. The molecule has 0 rings (SSSR count). The van der Waals surface area contributed by atoms with Crippen molar-refractivity contribution in [2.45, 2.75) is 45.6 Å². The first-order chi connectivity index (χ1) is 8.27. The van der Waals surface area contributed by atoms with Crippen molar-refractivity contribution in [1.82, 2.24) is 0 Å². The first-order valence-electron chi connectivity index (χ1n) is 6.60. The number of rotatable bonds is 13. The van der Waals surface area contributed by atoms with Gasteiger partial charge < -0.3 is 14.2 Å². The smallest absolute Gasteiger partial charge is 0.0703 e. The molecule has 4 heteroatoms. The average Bonchev–Trinajstić information content (AvgIpc) is 2.30. The van der Waals surface area contributed by atoms with Gasteiger partial charge >= 0.3 is 0 Å². The average molecular weight is 358 g/mol. The van der Waals surface area contributed by atoms with Crippen molar-refractivity contribution in [3.05, 3.63) is 0 Å². The number of hydrogen-bond acceptors (Lipinski definition) is 3. The highest BCUT2D eigenvalue weighted by molar-refractivity contribution is 14.1. The maximum Gasteiger partial charge on any atom is 0.0703 e. The van der Waals surface area contributed by atoms with E-state index in [0.29, 0.717) is 26.4 Å². The molecule has 17 heavy (non-hydrogen) atoms. The zero-order valence-corrected chi connectivity index (χ0v) is 13.4. The number of ether oxygens (including phenoxy) is 3. The molecule has 0 unspecified atom stereocenters. The summed E-state index contributed by atoms with van der Waals surface area (Å²) in [5.41, 5.74) is 0. The molecule has 0 aliphatic heterocycles. The lowest BCUT2D eigenvalue weighted by Gasteiger charge is -2.08. The van der Waals surface area contributed by atoms with E-state index < -0.39 is 0 Å². The molecular weight excluding hydrogens is 331 g/mol. The minimum absolute atomic E-state index is 0.289. The minimum atomic E-state index is 0.289. The standard InChI is InChI=1S/C13H27IO3/c1-13(2)17-12-11-16-10-9-15-8-6-4-3-5-7-14/h13H,3-12H2,1-2H3. The van der Waals surface area contributed by atoms with Crippen molar-refractivity contribution in [2.75, 3.05) is 37.5 Å². The zero-order chi connectivity index (χ0) is 12.8. The molecule has 0 aromatic heterocycles. The molecular formula is C13H27IO3. The fourth-order valence-electron chi connectivity index (χ4n) is 1.32. The van der Waals surface area contributed by atoms with Crippen molar-refractivity contribution >= 4 is 22.6 Å². The van der Waals surface area contributed by atoms with Gasteiger partial charge in [-0.05, 0) is 31.1 Å². The van der Waals surface area contributed by atoms with Crippen LogP contribution in [0.5, 0.6) is 0 Å². The first-order valence-corrected chi connectivity index (χ1v) is 8.13. The molecule has 0 spiro atoms. The lowest BCUT2D eigenvalue weighted by atomic mass is 10.2. The first kappa shape index (κ1) is 17.6. The van der Waals surface area contributed by atoms with Crippen molar-refractivity contribution < 1.29 is 14.2 Å². The SMILES string of the molecule is CC(C)OCCOCCOCCCCCCI. The van der Waals surface area contributed by atoms with Gasteiger partial charge in [0.05, 0.1) is 32.5 Å². The van der Waals surface area contributed by atoms with Crippen molar-refractivity contribution in [3.8, 4) is 0 Å². The highest BCUT2D eigenvalue weighted by Gasteiger charge is 1.94. The van der Waals surface area contributed by atoms with Gasteiger partial charge in [-0.3, -0.25) is 0 Å². The lowest BCUT2D eigenvalue weighted by Crippen LogP contribution is -2.12. The number of unbranched alkanes of at least 4 members (excludes halogenated alkanes) is 3. The molecule has 104 valence electrons. The van der Waals surface area contributed by atoms with Crippen molar-refractivity contribution in [3.63, 3.8) is 0 Å². The fraction of sp³-hybridized carbons (Fsp3) is 1.00. The predicted octanol–water partition coefficient (Wildman–Crippen LogP) is 3.44. The van der Waals surface area contributed by atoms with E-state index >= 15 is 0 Å². The monoisotopic (exact) mass is 358 g/mol. The lowest BCUT2D eigenvalue weighted by molar-refractivity contribution is -0.00184. The van der Waals surface area contributed by atoms with Crippen LogP contribution in [0.3, 0.4) is 0 Å². The van der Waals surface area contributed by atoms with Crippen LogP contribution in [0.4, 0.5) is 0 Å². The number of halogens is 1. The van der Waals surface area contributed by atoms with Gasteiger partial charge in [-0.15, -0.1) is 0 Å². The van der Waals surface area contributed by atoms with Gasteiger partial charge in [-0.2, -0.15) is 0 Å². The molecule has 0 N–H and O–H groups in total. The van der Waals surface area contributed by atoms with E-state index in [-0.39, 0.29) is 6.10 Å². The van der Waals surface area contributed by atoms with Crippen LogP contribution in [0.2, 0.25) is 0 Å². The van der Waals surface area contributed by atoms with E-state index in [1.807, 2.05) is 13.8 Å². The van der Waals surface area contributed by atoms with Gasteiger partial charge in [0.15, 0.2) is 0 Å². The molecule has 0 atom stereocenters. The summed E-state index contributed by atoms with van der Waals surface area (Å²) in [4.78, 5) is 0. The second-order valence-corrected chi connectivity index (χ2v) is 5.33. The van der Waals surface area contributed by atoms with Crippen LogP contribution in [0.1, 0.15) is 39.5 Å². The molecule has 0 bridgehead atoms. The Labute approximate surface area is 120 Å². The molecule has 0 saturated heterocycles. The van der Waals surface area contributed by atoms with Gasteiger partial charge in [0, 0.05) is 6.61 Å². The van der Waals surface area contributed by atoms with E-state index in [0.717, 1.165) is 6.61 Å². The molecule has 0 fully saturated rings. The third-order valence-corrected chi connectivity index (χ3v) is 2.99. The zero-order valence-electron chi connectivity index (χ0n) is 11.3. The summed E-state index contributed by atoms with van der Waals surface area (Å²) in [6.07, 6.45) is 5.41. The highest BCUT2D eigenvalue weighted by Crippen LogP contribution is 2.02. The van der Waals surface area contributed by atoms with Crippen molar-refractivity contribution in [2.24, 2.45) is 0 Å². The van der Waals surface area contributed by atoms with Crippen molar-refractivity contribution in [1.29, 1.82) is 0 Å². The Morgan fingerprint density at radius 2 is 1.35 bits per heavy atom. The minimum Gasteiger partial charge on any atom is -0.379 e. The summed E-state index contributed by atoms with van der Waals surface area (Å²) in [5, 5.41) is 0. The van der Waals surface area contributed by atoms with Gasteiger partial charge in [0.2, 0.25) is 0 Å². The van der Waals surface area contributed by atoms with Crippen LogP contribution in [0.15, 0.2) is 0 Å². The Bertz CT molecular complexity index is 143. The third-order valence-electron chi connectivity index (χ3n) is 2.22. The van der Waals surface area contributed by atoms with E-state index in [2.05, 4.69) is 22.6 Å². The maximum absolute atomic E-state index is 5.47. The highest BCUT2D eigenvalue weighted by atomic mass is 127. The molecule has 0 saturated carbocycles. The van der Waals surface area contributed by atoms with Gasteiger partial charge in [-0.25, -0.2) is 0 Å². The van der Waals surface area contributed by atoms with Crippen LogP contribution in [-0.2, 0) is 14.2 Å². The second-order valence-electron chi connectivity index (χ2n) is 4.25.